The highest BCUT2D eigenvalue weighted by molar-refractivity contribution is 8.01. The number of hydrogen-bond acceptors (Lipinski definition) is 3. The zero-order valence-electron chi connectivity index (χ0n) is 7.64. The molecule has 0 aromatic rings. The molecule has 3 heteroatoms. The summed E-state index contributed by atoms with van der Waals surface area (Å²) in [5.74, 6) is 4.07. The monoisotopic (exact) mass is 203 g/mol. The highest BCUT2D eigenvalue weighted by Gasteiger charge is 2.36. The van der Waals surface area contributed by atoms with Gasteiger partial charge in [-0.3, -0.25) is 0 Å². The highest BCUT2D eigenvalue weighted by atomic mass is 32.2. The summed E-state index contributed by atoms with van der Waals surface area (Å²) in [5, 5.41) is 3.78. The smallest absolute Gasteiger partial charge is 0.0663 e. The minimum absolute atomic E-state index is 0.475. The van der Waals surface area contributed by atoms with Gasteiger partial charge in [0, 0.05) is 6.04 Å². The van der Waals surface area contributed by atoms with Gasteiger partial charge in [-0.1, -0.05) is 0 Å². The summed E-state index contributed by atoms with van der Waals surface area (Å²) in [6.45, 7) is 2.32. The van der Waals surface area contributed by atoms with Crippen LogP contribution in [0, 0.1) is 0 Å². The molecule has 70 valence electrons. The first-order chi connectivity index (χ1) is 5.81. The molecule has 0 radical (unpaired) electrons. The van der Waals surface area contributed by atoms with Crippen LogP contribution in [-0.2, 0) is 0 Å². The molecule has 0 amide bonds. The predicted octanol–water partition coefficient (Wildman–Crippen LogP) is 2.32. The number of thioether (sulfide) groups is 2. The number of nitrogens with one attached hydrogen (secondary N) is 1. The van der Waals surface area contributed by atoms with E-state index >= 15 is 0 Å². The summed E-state index contributed by atoms with van der Waals surface area (Å²) in [6, 6.07) is 0.745. The Morgan fingerprint density at radius 1 is 1.25 bits per heavy atom. The van der Waals surface area contributed by atoms with E-state index in [1.807, 2.05) is 0 Å². The van der Waals surface area contributed by atoms with E-state index in [-0.39, 0.29) is 0 Å². The van der Waals surface area contributed by atoms with Gasteiger partial charge in [0.25, 0.3) is 0 Å². The molecular weight excluding hydrogens is 186 g/mol. The van der Waals surface area contributed by atoms with Crippen molar-refractivity contribution in [3.05, 3.63) is 0 Å². The van der Waals surface area contributed by atoms with Crippen LogP contribution in [0.25, 0.3) is 0 Å². The largest absolute Gasteiger partial charge is 0.300 e. The Morgan fingerprint density at radius 3 is 2.67 bits per heavy atom. The van der Waals surface area contributed by atoms with Crippen LogP contribution in [-0.4, -0.2) is 28.2 Å². The van der Waals surface area contributed by atoms with Crippen molar-refractivity contribution >= 4 is 23.5 Å². The molecule has 1 N–H and O–H groups in total. The van der Waals surface area contributed by atoms with E-state index in [4.69, 9.17) is 0 Å². The Labute approximate surface area is 83.4 Å². The van der Waals surface area contributed by atoms with Gasteiger partial charge < -0.3 is 5.32 Å². The van der Waals surface area contributed by atoms with Crippen molar-refractivity contribution in [1.29, 1.82) is 0 Å². The molecule has 1 spiro atoms. The zero-order chi connectivity index (χ0) is 8.44. The van der Waals surface area contributed by atoms with Crippen LogP contribution in [0.5, 0.6) is 0 Å². The second-order valence-corrected chi connectivity index (χ2v) is 6.49. The lowest BCUT2D eigenvalue weighted by molar-refractivity contribution is 0.367. The Balaban J connectivity index is 1.97. The molecular formula is C9H17NS2. The molecule has 0 aliphatic carbocycles. The molecule has 1 atom stereocenters. The van der Waals surface area contributed by atoms with Gasteiger partial charge >= 0.3 is 0 Å². The van der Waals surface area contributed by atoms with E-state index in [1.54, 1.807) is 0 Å². The van der Waals surface area contributed by atoms with Crippen LogP contribution in [0.1, 0.15) is 26.2 Å². The third-order valence-corrected chi connectivity index (χ3v) is 5.24. The Kier molecular flexibility index (Phi) is 2.93. The van der Waals surface area contributed by atoms with Gasteiger partial charge in [0.05, 0.1) is 4.87 Å². The van der Waals surface area contributed by atoms with Crippen molar-refractivity contribution in [1.82, 2.24) is 5.32 Å². The second kappa shape index (κ2) is 3.81. The second-order valence-electron chi connectivity index (χ2n) is 3.79. The summed E-state index contributed by atoms with van der Waals surface area (Å²) in [5.41, 5.74) is 0. The first kappa shape index (κ1) is 9.22. The van der Waals surface area contributed by atoms with Crippen molar-refractivity contribution in [3.63, 3.8) is 0 Å². The van der Waals surface area contributed by atoms with Crippen LogP contribution in [0.3, 0.4) is 0 Å². The van der Waals surface area contributed by atoms with Crippen LogP contribution in [0.4, 0.5) is 0 Å². The van der Waals surface area contributed by atoms with Crippen LogP contribution < -0.4 is 5.32 Å². The quantitative estimate of drug-likeness (QED) is 0.649. The maximum atomic E-state index is 3.78. The van der Waals surface area contributed by atoms with E-state index < -0.39 is 0 Å². The third kappa shape index (κ3) is 1.94. The van der Waals surface area contributed by atoms with Crippen molar-refractivity contribution in [2.75, 3.05) is 17.3 Å². The zero-order valence-corrected chi connectivity index (χ0v) is 9.27. The Hall–Kier alpha value is 0.660. The molecule has 2 aliphatic rings. The lowest BCUT2D eigenvalue weighted by atomic mass is 10.1. The van der Waals surface area contributed by atoms with Crippen molar-refractivity contribution < 1.29 is 0 Å². The summed E-state index contributed by atoms with van der Waals surface area (Å²) in [4.78, 5) is 0.475. The van der Waals surface area contributed by atoms with Gasteiger partial charge in [0.2, 0.25) is 0 Å². The molecule has 2 heterocycles. The van der Waals surface area contributed by atoms with Gasteiger partial charge in [-0.25, -0.2) is 0 Å². The fourth-order valence-electron chi connectivity index (χ4n) is 1.98. The summed E-state index contributed by atoms with van der Waals surface area (Å²) in [6.07, 6.45) is 4.08. The van der Waals surface area contributed by atoms with Crippen LogP contribution in [0.2, 0.25) is 0 Å². The SMILES string of the molecule is CC1CCSC2(CCSCC2)N1. The van der Waals surface area contributed by atoms with Crippen molar-refractivity contribution in [2.45, 2.75) is 37.1 Å². The average Bonchev–Trinajstić information content (AvgIpc) is 2.05. The number of hydrogen-bond donors (Lipinski definition) is 1. The van der Waals surface area contributed by atoms with E-state index in [9.17, 15) is 0 Å². The van der Waals surface area contributed by atoms with Gasteiger partial charge in [-0.2, -0.15) is 11.8 Å². The van der Waals surface area contributed by atoms with Crippen LogP contribution >= 0.6 is 23.5 Å². The molecule has 2 fully saturated rings. The lowest BCUT2D eigenvalue weighted by Gasteiger charge is -2.43. The standard InChI is InChI=1S/C9H17NS2/c1-8-2-5-12-9(10-8)3-6-11-7-4-9/h8,10H,2-7H2,1H3. The van der Waals surface area contributed by atoms with Crippen molar-refractivity contribution in [2.24, 2.45) is 0 Å². The highest BCUT2D eigenvalue weighted by Crippen LogP contribution is 2.39. The summed E-state index contributed by atoms with van der Waals surface area (Å²) >= 11 is 4.28. The topological polar surface area (TPSA) is 12.0 Å². The summed E-state index contributed by atoms with van der Waals surface area (Å²) in [7, 11) is 0. The first-order valence-electron chi connectivity index (χ1n) is 4.80. The molecule has 1 unspecified atom stereocenters. The minimum Gasteiger partial charge on any atom is -0.300 e. The van der Waals surface area contributed by atoms with E-state index in [0.717, 1.165) is 6.04 Å². The normalized spacial score (nSPS) is 35.2. The molecule has 1 nitrogen and oxygen atoms in total. The van der Waals surface area contributed by atoms with Crippen molar-refractivity contribution in [3.8, 4) is 0 Å². The predicted molar refractivity (Wildman–Crippen MR) is 59.0 cm³/mol. The fraction of sp³-hybridized carbons (Fsp3) is 1.00. The van der Waals surface area contributed by atoms with Crippen LogP contribution in [0.15, 0.2) is 0 Å². The lowest BCUT2D eigenvalue weighted by Crippen LogP contribution is -2.52. The maximum Gasteiger partial charge on any atom is 0.0663 e. The number of rotatable bonds is 0. The Bertz CT molecular complexity index is 149. The Morgan fingerprint density at radius 2 is 2.00 bits per heavy atom. The van der Waals surface area contributed by atoms with Gasteiger partial charge in [-0.05, 0) is 43.4 Å². The molecule has 0 bridgehead atoms. The van der Waals surface area contributed by atoms with Gasteiger partial charge in [0.15, 0.2) is 0 Å². The summed E-state index contributed by atoms with van der Waals surface area (Å²) < 4.78 is 0. The molecule has 2 aliphatic heterocycles. The van der Waals surface area contributed by atoms with Gasteiger partial charge in [-0.15, -0.1) is 11.8 Å². The molecule has 0 aromatic carbocycles. The third-order valence-electron chi connectivity index (χ3n) is 2.74. The van der Waals surface area contributed by atoms with E-state index in [0.29, 0.717) is 4.87 Å². The fourth-order valence-corrected chi connectivity index (χ4v) is 5.07. The molecule has 2 saturated heterocycles. The minimum atomic E-state index is 0.475. The van der Waals surface area contributed by atoms with Gasteiger partial charge in [0.1, 0.15) is 0 Å². The average molecular weight is 203 g/mol. The van der Waals surface area contributed by atoms with E-state index in [1.165, 1.54) is 36.5 Å². The maximum absolute atomic E-state index is 3.78. The molecule has 2 rings (SSSR count). The van der Waals surface area contributed by atoms with E-state index in [2.05, 4.69) is 35.8 Å². The molecule has 12 heavy (non-hydrogen) atoms. The first-order valence-corrected chi connectivity index (χ1v) is 6.94. The molecule has 0 aromatic heterocycles. The molecule has 0 saturated carbocycles.